The summed E-state index contributed by atoms with van der Waals surface area (Å²) < 4.78 is 14.5. The maximum atomic E-state index is 10.8. The second-order valence-corrected chi connectivity index (χ2v) is 2.15. The van der Waals surface area contributed by atoms with Crippen molar-refractivity contribution in [2.45, 2.75) is 13.0 Å². The number of esters is 1. The molecule has 0 saturated heterocycles. The average molecular weight is 179 g/mol. The smallest absolute Gasteiger partial charge is 0.326 e. The van der Waals surface area contributed by atoms with E-state index in [9.17, 15) is 9.36 Å². The first-order valence-corrected chi connectivity index (χ1v) is 3.92. The molecular formula is C5H10NO4P. The SMILES string of the molecule is CCOC(=O)[C@H](CO)NP=O. The third-order valence-electron chi connectivity index (χ3n) is 0.962. The summed E-state index contributed by atoms with van der Waals surface area (Å²) in [6, 6.07) is -0.894. The van der Waals surface area contributed by atoms with Gasteiger partial charge in [0.25, 0.3) is 0 Å². The van der Waals surface area contributed by atoms with Crippen molar-refractivity contribution in [3.63, 3.8) is 0 Å². The standard InChI is InChI=1S/C5H10NO4P/c1-2-10-5(8)4(3-7)6-11-9/h4,7H,2-3H2,1H3,(H,6,9)/t4-/m0/s1. The summed E-state index contributed by atoms with van der Waals surface area (Å²) in [5.41, 5.74) is 0. The molecule has 6 heteroatoms. The summed E-state index contributed by atoms with van der Waals surface area (Å²) in [5, 5.41) is 10.8. The maximum absolute atomic E-state index is 10.8. The van der Waals surface area contributed by atoms with Crippen molar-refractivity contribution in [2.24, 2.45) is 0 Å². The van der Waals surface area contributed by atoms with Crippen LogP contribution in [0.1, 0.15) is 6.92 Å². The van der Waals surface area contributed by atoms with Crippen LogP contribution >= 0.6 is 8.61 Å². The second kappa shape index (κ2) is 6.22. The van der Waals surface area contributed by atoms with Gasteiger partial charge in [0.2, 0.25) is 8.61 Å². The number of rotatable bonds is 5. The topological polar surface area (TPSA) is 75.6 Å². The Morgan fingerprint density at radius 3 is 2.82 bits per heavy atom. The first kappa shape index (κ1) is 10.5. The highest BCUT2D eigenvalue weighted by Gasteiger charge is 2.17. The molecule has 2 N–H and O–H groups in total. The Morgan fingerprint density at radius 2 is 2.45 bits per heavy atom. The minimum Gasteiger partial charge on any atom is -0.465 e. The molecule has 0 bridgehead atoms. The van der Waals surface area contributed by atoms with E-state index >= 15 is 0 Å². The third kappa shape index (κ3) is 4.03. The minimum absolute atomic E-state index is 0.243. The number of ether oxygens (including phenoxy) is 1. The molecule has 11 heavy (non-hydrogen) atoms. The van der Waals surface area contributed by atoms with E-state index < -0.39 is 27.2 Å². The first-order chi connectivity index (χ1) is 5.26. The van der Waals surface area contributed by atoms with Crippen LogP contribution in [-0.4, -0.2) is 30.3 Å². The van der Waals surface area contributed by atoms with E-state index in [4.69, 9.17) is 5.11 Å². The van der Waals surface area contributed by atoms with Crippen molar-refractivity contribution in [3.8, 4) is 0 Å². The number of aliphatic hydroxyl groups is 1. The normalized spacial score (nSPS) is 12.9. The summed E-state index contributed by atoms with van der Waals surface area (Å²) >= 11 is 0. The summed E-state index contributed by atoms with van der Waals surface area (Å²) in [4.78, 5) is 10.8. The van der Waals surface area contributed by atoms with Crippen molar-refractivity contribution in [2.75, 3.05) is 13.2 Å². The van der Waals surface area contributed by atoms with E-state index in [2.05, 4.69) is 9.82 Å². The predicted octanol–water partition coefficient (Wildman–Crippen LogP) is -0.293. The fourth-order valence-corrected chi connectivity index (χ4v) is 0.789. The third-order valence-corrected chi connectivity index (χ3v) is 1.38. The Hall–Kier alpha value is -0.510. The Morgan fingerprint density at radius 1 is 1.82 bits per heavy atom. The minimum atomic E-state index is -0.894. The molecule has 0 amide bonds. The molecule has 0 rings (SSSR count). The molecule has 0 fully saturated rings. The molecule has 0 aromatic carbocycles. The highest BCUT2D eigenvalue weighted by molar-refractivity contribution is 7.21. The molecule has 0 heterocycles. The lowest BCUT2D eigenvalue weighted by molar-refractivity contribution is -0.146. The first-order valence-electron chi connectivity index (χ1n) is 3.11. The van der Waals surface area contributed by atoms with Gasteiger partial charge in [0.1, 0.15) is 6.04 Å². The molecule has 0 aliphatic rings. The highest BCUT2D eigenvalue weighted by Crippen LogP contribution is 1.93. The number of aliphatic hydroxyl groups excluding tert-OH is 1. The van der Waals surface area contributed by atoms with Gasteiger partial charge in [0.15, 0.2) is 0 Å². The van der Waals surface area contributed by atoms with E-state index in [0.717, 1.165) is 0 Å². The van der Waals surface area contributed by atoms with Crippen LogP contribution in [0.25, 0.3) is 0 Å². The van der Waals surface area contributed by atoms with Crippen LogP contribution in [0.5, 0.6) is 0 Å². The molecule has 0 aromatic heterocycles. The zero-order valence-corrected chi connectivity index (χ0v) is 7.01. The van der Waals surface area contributed by atoms with Crippen LogP contribution < -0.4 is 5.09 Å². The van der Waals surface area contributed by atoms with E-state index in [1.165, 1.54) is 0 Å². The van der Waals surface area contributed by atoms with E-state index in [0.29, 0.717) is 0 Å². The number of carbonyl (C=O) groups is 1. The number of carbonyl (C=O) groups excluding carboxylic acids is 1. The van der Waals surface area contributed by atoms with Crippen molar-refractivity contribution in [1.82, 2.24) is 5.09 Å². The lowest BCUT2D eigenvalue weighted by Crippen LogP contribution is -2.35. The van der Waals surface area contributed by atoms with Crippen LogP contribution in [0, 0.1) is 0 Å². The highest BCUT2D eigenvalue weighted by atomic mass is 31.1. The summed E-state index contributed by atoms with van der Waals surface area (Å²) in [6.45, 7) is 1.47. The Kier molecular flexibility index (Phi) is 5.93. The predicted molar refractivity (Wildman–Crippen MR) is 38.2 cm³/mol. The molecule has 0 aliphatic carbocycles. The van der Waals surface area contributed by atoms with E-state index in [1.807, 2.05) is 0 Å². The van der Waals surface area contributed by atoms with Crippen LogP contribution in [0.3, 0.4) is 0 Å². The molecular weight excluding hydrogens is 169 g/mol. The lowest BCUT2D eigenvalue weighted by Gasteiger charge is -2.08. The van der Waals surface area contributed by atoms with Crippen molar-refractivity contribution in [1.29, 1.82) is 0 Å². The van der Waals surface area contributed by atoms with Crippen LogP contribution in [-0.2, 0) is 14.1 Å². The molecule has 0 spiro atoms. The molecule has 0 radical (unpaired) electrons. The maximum Gasteiger partial charge on any atom is 0.326 e. The van der Waals surface area contributed by atoms with Gasteiger partial charge in [-0.05, 0) is 6.92 Å². The van der Waals surface area contributed by atoms with E-state index in [1.54, 1.807) is 6.92 Å². The summed E-state index contributed by atoms with van der Waals surface area (Å²) in [5.74, 6) is -0.599. The molecule has 64 valence electrons. The number of nitrogens with one attached hydrogen (secondary N) is 1. The second-order valence-electron chi connectivity index (χ2n) is 1.71. The van der Waals surface area contributed by atoms with E-state index in [-0.39, 0.29) is 6.61 Å². The van der Waals surface area contributed by atoms with Crippen molar-refractivity contribution in [3.05, 3.63) is 0 Å². The molecule has 0 aliphatic heterocycles. The molecule has 0 unspecified atom stereocenters. The largest absolute Gasteiger partial charge is 0.465 e. The summed E-state index contributed by atoms with van der Waals surface area (Å²) in [6.07, 6.45) is 0. The zero-order chi connectivity index (χ0) is 8.69. The number of hydrogen-bond donors (Lipinski definition) is 2. The van der Waals surface area contributed by atoms with Gasteiger partial charge >= 0.3 is 5.97 Å². The van der Waals surface area contributed by atoms with Gasteiger partial charge in [0, 0.05) is 0 Å². The summed E-state index contributed by atoms with van der Waals surface area (Å²) in [7, 11) is -0.396. The Bertz CT molecular complexity index is 140. The van der Waals surface area contributed by atoms with Gasteiger partial charge < -0.3 is 9.84 Å². The van der Waals surface area contributed by atoms with Gasteiger partial charge in [0.05, 0.1) is 13.2 Å². The molecule has 0 saturated carbocycles. The fourth-order valence-electron chi connectivity index (χ4n) is 0.475. The fraction of sp³-hybridized carbons (Fsp3) is 0.800. The van der Waals surface area contributed by atoms with Gasteiger partial charge in [-0.2, -0.15) is 0 Å². The van der Waals surface area contributed by atoms with Crippen molar-refractivity contribution >= 4 is 14.6 Å². The van der Waals surface area contributed by atoms with Gasteiger partial charge in [-0.25, -0.2) is 5.09 Å². The Labute approximate surface area is 66.0 Å². The van der Waals surface area contributed by atoms with Crippen LogP contribution in [0.4, 0.5) is 0 Å². The monoisotopic (exact) mass is 179 g/mol. The average Bonchev–Trinajstić information content (AvgIpc) is 2.00. The lowest BCUT2D eigenvalue weighted by atomic mass is 10.3. The van der Waals surface area contributed by atoms with Crippen LogP contribution in [0.15, 0.2) is 0 Å². The molecule has 1 atom stereocenters. The molecule has 5 nitrogen and oxygen atoms in total. The Balaban J connectivity index is 3.80. The zero-order valence-electron chi connectivity index (χ0n) is 6.11. The quantitative estimate of drug-likeness (QED) is 0.448. The van der Waals surface area contributed by atoms with Gasteiger partial charge in [-0.15, -0.1) is 0 Å². The van der Waals surface area contributed by atoms with Crippen LogP contribution in [0.2, 0.25) is 0 Å². The van der Waals surface area contributed by atoms with Gasteiger partial charge in [-0.1, -0.05) is 0 Å². The van der Waals surface area contributed by atoms with Gasteiger partial charge in [-0.3, -0.25) is 9.36 Å². The molecule has 0 aromatic rings. The number of hydrogen-bond acceptors (Lipinski definition) is 4. The van der Waals surface area contributed by atoms with Crippen molar-refractivity contribution < 1.29 is 19.2 Å².